The van der Waals surface area contributed by atoms with Crippen molar-refractivity contribution in [2.45, 2.75) is 18.9 Å². The topological polar surface area (TPSA) is 59.4 Å². The van der Waals surface area contributed by atoms with Crippen molar-refractivity contribution >= 4 is 5.97 Å². The van der Waals surface area contributed by atoms with Crippen LogP contribution in [0.3, 0.4) is 0 Å². The number of nitrogens with zero attached hydrogens (tertiary/aromatic N) is 1. The lowest BCUT2D eigenvalue weighted by Gasteiger charge is -2.13. The number of hydrogen-bond donors (Lipinski definition) is 1. The van der Waals surface area contributed by atoms with Gasteiger partial charge in [-0.1, -0.05) is 24.8 Å². The number of pyridine rings is 1. The minimum atomic E-state index is -4.42. The first kappa shape index (κ1) is 17.7. The maximum atomic E-state index is 12.5. The molecule has 0 aliphatic heterocycles. The van der Waals surface area contributed by atoms with Crippen LogP contribution in [-0.2, 0) is 22.3 Å². The molecule has 0 spiro atoms. The highest BCUT2D eigenvalue weighted by atomic mass is 19.4. The van der Waals surface area contributed by atoms with Gasteiger partial charge in [-0.3, -0.25) is 4.98 Å². The average Bonchev–Trinajstić information content (AvgIpc) is 2.58. The molecule has 1 atom stereocenters. The van der Waals surface area contributed by atoms with Gasteiger partial charge in [0.15, 0.2) is 0 Å². The smallest absolute Gasteiger partial charge is 0.416 e. The van der Waals surface area contributed by atoms with E-state index >= 15 is 0 Å². The second-order valence-corrected chi connectivity index (χ2v) is 4.98. The van der Waals surface area contributed by atoms with Gasteiger partial charge >= 0.3 is 12.1 Å². The van der Waals surface area contributed by atoms with Crippen molar-refractivity contribution in [3.8, 4) is 0 Å². The number of rotatable bonds is 5. The molecule has 1 unspecified atom stereocenters. The molecule has 1 aromatic carbocycles. The van der Waals surface area contributed by atoms with E-state index in [0.29, 0.717) is 11.1 Å². The summed E-state index contributed by atoms with van der Waals surface area (Å²) in [6.45, 7) is 3.26. The van der Waals surface area contributed by atoms with Crippen LogP contribution in [0.2, 0.25) is 0 Å². The van der Waals surface area contributed by atoms with E-state index in [1.807, 2.05) is 0 Å². The predicted octanol–water partition coefficient (Wildman–Crippen LogP) is 3.43. The quantitative estimate of drug-likeness (QED) is 0.671. The largest absolute Gasteiger partial charge is 0.457 e. The molecule has 1 N–H and O–H groups in total. The Labute approximate surface area is 136 Å². The zero-order valence-electron chi connectivity index (χ0n) is 12.5. The molecule has 7 heteroatoms. The van der Waals surface area contributed by atoms with Crippen molar-refractivity contribution in [2.24, 2.45) is 0 Å². The molecular weight excluding hydrogens is 323 g/mol. The van der Waals surface area contributed by atoms with Crippen molar-refractivity contribution in [1.82, 2.24) is 4.98 Å². The monoisotopic (exact) mass is 337 g/mol. The standard InChI is InChI=1S/C17H14F3NO3/c1-11(15(22)13-3-2-8-21-9-13)16(23)24-10-12-4-6-14(7-5-12)17(18,19)20/h2-9,15,22H,1,10H2. The normalized spacial score (nSPS) is 12.5. The molecule has 0 bridgehead atoms. The maximum Gasteiger partial charge on any atom is 0.416 e. The van der Waals surface area contributed by atoms with E-state index in [1.165, 1.54) is 24.5 Å². The number of carbonyl (C=O) groups is 1. The van der Waals surface area contributed by atoms with Gasteiger partial charge in [0.1, 0.15) is 12.7 Å². The van der Waals surface area contributed by atoms with E-state index in [4.69, 9.17) is 4.74 Å². The third-order valence-electron chi connectivity index (χ3n) is 3.24. The summed E-state index contributed by atoms with van der Waals surface area (Å²) < 4.78 is 42.3. The molecule has 0 aliphatic rings. The molecule has 0 saturated heterocycles. The van der Waals surface area contributed by atoms with Crippen molar-refractivity contribution in [1.29, 1.82) is 0 Å². The summed E-state index contributed by atoms with van der Waals surface area (Å²) in [5, 5.41) is 10.0. The van der Waals surface area contributed by atoms with Crippen LogP contribution in [0.4, 0.5) is 13.2 Å². The first-order valence-electron chi connectivity index (χ1n) is 6.89. The average molecular weight is 337 g/mol. The highest BCUT2D eigenvalue weighted by Crippen LogP contribution is 2.29. The molecule has 0 amide bonds. The number of aliphatic hydroxyl groups excluding tert-OH is 1. The number of benzene rings is 1. The van der Waals surface area contributed by atoms with Gasteiger partial charge < -0.3 is 9.84 Å². The summed E-state index contributed by atoms with van der Waals surface area (Å²) in [7, 11) is 0. The lowest BCUT2D eigenvalue weighted by atomic mass is 10.1. The van der Waals surface area contributed by atoms with Crippen molar-refractivity contribution in [3.63, 3.8) is 0 Å². The number of esters is 1. The molecule has 1 aromatic heterocycles. The molecule has 0 saturated carbocycles. The fourth-order valence-electron chi connectivity index (χ4n) is 1.88. The summed E-state index contributed by atoms with van der Waals surface area (Å²) in [6.07, 6.45) is -2.78. The van der Waals surface area contributed by atoms with Gasteiger partial charge in [-0.2, -0.15) is 13.2 Å². The molecule has 24 heavy (non-hydrogen) atoms. The number of hydrogen-bond acceptors (Lipinski definition) is 4. The molecular formula is C17H14F3NO3. The summed E-state index contributed by atoms with van der Waals surface area (Å²) in [5.74, 6) is -0.841. The Kier molecular flexibility index (Phi) is 5.35. The molecule has 4 nitrogen and oxygen atoms in total. The Bertz CT molecular complexity index is 712. The van der Waals surface area contributed by atoms with E-state index in [1.54, 1.807) is 12.1 Å². The van der Waals surface area contributed by atoms with Crippen LogP contribution in [0.15, 0.2) is 60.9 Å². The Morgan fingerprint density at radius 1 is 1.25 bits per heavy atom. The predicted molar refractivity (Wildman–Crippen MR) is 79.6 cm³/mol. The Balaban J connectivity index is 1.94. The first-order chi connectivity index (χ1) is 11.3. The zero-order valence-corrected chi connectivity index (χ0v) is 12.5. The molecule has 0 aliphatic carbocycles. The van der Waals surface area contributed by atoms with E-state index in [2.05, 4.69) is 11.6 Å². The van der Waals surface area contributed by atoms with E-state index in [0.717, 1.165) is 12.1 Å². The van der Waals surface area contributed by atoms with Crippen LogP contribution >= 0.6 is 0 Å². The van der Waals surface area contributed by atoms with E-state index in [-0.39, 0.29) is 12.2 Å². The molecule has 0 radical (unpaired) electrons. The molecule has 126 valence electrons. The van der Waals surface area contributed by atoms with Crippen LogP contribution in [0, 0.1) is 0 Å². The Morgan fingerprint density at radius 3 is 2.46 bits per heavy atom. The van der Waals surface area contributed by atoms with E-state index < -0.39 is 23.8 Å². The van der Waals surface area contributed by atoms with Crippen LogP contribution < -0.4 is 0 Å². The summed E-state index contributed by atoms with van der Waals surface area (Å²) in [5.41, 5.74) is -0.196. The highest BCUT2D eigenvalue weighted by Gasteiger charge is 2.30. The fraction of sp³-hybridized carbons (Fsp3) is 0.176. The number of carbonyl (C=O) groups excluding carboxylic acids is 1. The SMILES string of the molecule is C=C(C(=O)OCc1ccc(C(F)(F)F)cc1)C(O)c1cccnc1. The molecule has 1 heterocycles. The number of halogens is 3. The Hall–Kier alpha value is -2.67. The van der Waals surface area contributed by atoms with Crippen LogP contribution in [0.25, 0.3) is 0 Å². The van der Waals surface area contributed by atoms with Gasteiger partial charge in [-0.05, 0) is 23.8 Å². The fourth-order valence-corrected chi connectivity index (χ4v) is 1.88. The van der Waals surface area contributed by atoms with Gasteiger partial charge in [-0.25, -0.2) is 4.79 Å². The molecule has 2 aromatic rings. The van der Waals surface area contributed by atoms with Gasteiger partial charge in [0.2, 0.25) is 0 Å². The molecule has 2 rings (SSSR count). The minimum Gasteiger partial charge on any atom is -0.457 e. The van der Waals surface area contributed by atoms with Gasteiger partial charge in [0, 0.05) is 18.0 Å². The van der Waals surface area contributed by atoms with Crippen molar-refractivity contribution in [2.75, 3.05) is 0 Å². The van der Waals surface area contributed by atoms with Gasteiger partial charge in [0.25, 0.3) is 0 Å². The van der Waals surface area contributed by atoms with Crippen LogP contribution in [0.1, 0.15) is 22.8 Å². The van der Waals surface area contributed by atoms with Gasteiger partial charge in [0.05, 0.1) is 11.1 Å². The number of aromatic nitrogens is 1. The summed E-state index contributed by atoms with van der Waals surface area (Å²) >= 11 is 0. The lowest BCUT2D eigenvalue weighted by Crippen LogP contribution is -2.14. The highest BCUT2D eigenvalue weighted by molar-refractivity contribution is 5.89. The Morgan fingerprint density at radius 2 is 1.92 bits per heavy atom. The molecule has 0 fully saturated rings. The second kappa shape index (κ2) is 7.27. The van der Waals surface area contributed by atoms with Crippen LogP contribution in [0.5, 0.6) is 0 Å². The summed E-state index contributed by atoms with van der Waals surface area (Å²) in [6, 6.07) is 7.42. The zero-order chi connectivity index (χ0) is 17.7. The number of alkyl halides is 3. The lowest BCUT2D eigenvalue weighted by molar-refractivity contribution is -0.141. The van der Waals surface area contributed by atoms with Gasteiger partial charge in [-0.15, -0.1) is 0 Å². The van der Waals surface area contributed by atoms with E-state index in [9.17, 15) is 23.1 Å². The second-order valence-electron chi connectivity index (χ2n) is 4.98. The van der Waals surface area contributed by atoms with Crippen molar-refractivity contribution in [3.05, 3.63) is 77.6 Å². The first-order valence-corrected chi connectivity index (χ1v) is 6.89. The minimum absolute atomic E-state index is 0.185. The van der Waals surface area contributed by atoms with Crippen molar-refractivity contribution < 1.29 is 27.8 Å². The van der Waals surface area contributed by atoms with Crippen LogP contribution in [-0.4, -0.2) is 16.1 Å². The maximum absolute atomic E-state index is 12.5. The third-order valence-corrected chi connectivity index (χ3v) is 3.24. The summed E-state index contributed by atoms with van der Waals surface area (Å²) in [4.78, 5) is 15.7. The number of aliphatic hydroxyl groups is 1. The number of ether oxygens (including phenoxy) is 1. The third kappa shape index (κ3) is 4.42.